The molecule has 0 unspecified atom stereocenters. The molecule has 1 fully saturated rings. The topological polar surface area (TPSA) is 41.3 Å². The largest absolute Gasteiger partial charge is 0.397 e. The zero-order valence-corrected chi connectivity index (χ0v) is 14.9. The zero-order chi connectivity index (χ0) is 16.9. The van der Waals surface area contributed by atoms with Crippen LogP contribution in [0.25, 0.3) is 0 Å². The summed E-state index contributed by atoms with van der Waals surface area (Å²) in [4.78, 5) is 2.40. The molecule has 128 valence electrons. The zero-order valence-electron chi connectivity index (χ0n) is 14.9. The van der Waals surface area contributed by atoms with Crippen LogP contribution in [-0.2, 0) is 6.42 Å². The van der Waals surface area contributed by atoms with Gasteiger partial charge < -0.3 is 16.0 Å². The highest BCUT2D eigenvalue weighted by Crippen LogP contribution is 2.28. The van der Waals surface area contributed by atoms with Crippen LogP contribution in [-0.4, -0.2) is 19.6 Å². The summed E-state index contributed by atoms with van der Waals surface area (Å²) in [5.74, 6) is 0. The first kappa shape index (κ1) is 16.7. The SMILES string of the molecule is Cc1ccc(NCCCc2ccc(N3CCCC3)c(N)c2)c(C)c1. The van der Waals surface area contributed by atoms with E-state index < -0.39 is 0 Å². The number of anilines is 3. The molecule has 0 radical (unpaired) electrons. The fraction of sp³-hybridized carbons (Fsp3) is 0.429. The van der Waals surface area contributed by atoms with Gasteiger partial charge in [-0.2, -0.15) is 0 Å². The monoisotopic (exact) mass is 323 g/mol. The molecular formula is C21H29N3. The summed E-state index contributed by atoms with van der Waals surface area (Å²) in [6.07, 6.45) is 4.73. The number of hydrogen-bond acceptors (Lipinski definition) is 3. The van der Waals surface area contributed by atoms with Crippen molar-refractivity contribution >= 4 is 17.1 Å². The Kier molecular flexibility index (Phi) is 5.29. The van der Waals surface area contributed by atoms with E-state index in [2.05, 4.69) is 60.5 Å². The third kappa shape index (κ3) is 4.02. The lowest BCUT2D eigenvalue weighted by Crippen LogP contribution is -2.19. The average Bonchev–Trinajstić information content (AvgIpc) is 3.07. The second-order valence-corrected chi connectivity index (χ2v) is 6.94. The summed E-state index contributed by atoms with van der Waals surface area (Å²) < 4.78 is 0. The van der Waals surface area contributed by atoms with Crippen molar-refractivity contribution in [3.8, 4) is 0 Å². The quantitative estimate of drug-likeness (QED) is 0.606. The Bertz CT molecular complexity index is 687. The number of nitrogens with two attached hydrogens (primary N) is 1. The van der Waals surface area contributed by atoms with Crippen LogP contribution in [0.1, 0.15) is 36.0 Å². The van der Waals surface area contributed by atoms with Crippen LogP contribution < -0.4 is 16.0 Å². The van der Waals surface area contributed by atoms with Crippen molar-refractivity contribution in [2.45, 2.75) is 39.5 Å². The molecule has 0 atom stereocenters. The second-order valence-electron chi connectivity index (χ2n) is 6.94. The normalized spacial score (nSPS) is 14.2. The molecule has 24 heavy (non-hydrogen) atoms. The van der Waals surface area contributed by atoms with E-state index in [4.69, 9.17) is 5.73 Å². The first-order valence-corrected chi connectivity index (χ1v) is 9.08. The Hall–Kier alpha value is -2.16. The van der Waals surface area contributed by atoms with Crippen molar-refractivity contribution in [2.75, 3.05) is 35.6 Å². The standard InChI is InChI=1S/C21H29N3/c1-16-7-9-20(17(2)14-16)23-11-5-6-18-8-10-21(19(22)15-18)24-12-3-4-13-24/h7-10,14-15,23H,3-6,11-13,22H2,1-2H3. The molecule has 0 spiro atoms. The van der Waals surface area contributed by atoms with Crippen LogP contribution in [0.3, 0.4) is 0 Å². The molecule has 0 aromatic heterocycles. The molecule has 1 heterocycles. The van der Waals surface area contributed by atoms with Crippen LogP contribution in [0.15, 0.2) is 36.4 Å². The van der Waals surface area contributed by atoms with Crippen molar-refractivity contribution in [1.82, 2.24) is 0 Å². The number of nitrogen functional groups attached to an aromatic ring is 1. The molecular weight excluding hydrogens is 294 g/mol. The van der Waals surface area contributed by atoms with Crippen LogP contribution in [0.2, 0.25) is 0 Å². The Morgan fingerprint density at radius 1 is 1.04 bits per heavy atom. The lowest BCUT2D eigenvalue weighted by molar-refractivity contribution is 0.861. The van der Waals surface area contributed by atoms with E-state index in [1.807, 2.05) is 0 Å². The molecule has 3 N–H and O–H groups in total. The molecule has 3 nitrogen and oxygen atoms in total. The molecule has 2 aromatic rings. The number of benzene rings is 2. The van der Waals surface area contributed by atoms with E-state index in [0.717, 1.165) is 38.2 Å². The van der Waals surface area contributed by atoms with Gasteiger partial charge in [-0.05, 0) is 68.9 Å². The van der Waals surface area contributed by atoms with E-state index >= 15 is 0 Å². The summed E-state index contributed by atoms with van der Waals surface area (Å²) >= 11 is 0. The van der Waals surface area contributed by atoms with Gasteiger partial charge in [0.05, 0.1) is 11.4 Å². The molecule has 2 aromatic carbocycles. The summed E-state index contributed by atoms with van der Waals surface area (Å²) in [6.45, 7) is 7.56. The van der Waals surface area contributed by atoms with E-state index in [1.54, 1.807) is 0 Å². The number of hydrogen-bond donors (Lipinski definition) is 2. The summed E-state index contributed by atoms with van der Waals surface area (Å²) in [6, 6.07) is 13.2. The van der Waals surface area contributed by atoms with Crippen molar-refractivity contribution in [3.05, 3.63) is 53.1 Å². The maximum absolute atomic E-state index is 6.27. The first-order chi connectivity index (χ1) is 11.6. The van der Waals surface area contributed by atoms with Gasteiger partial charge in [0.1, 0.15) is 0 Å². The van der Waals surface area contributed by atoms with Gasteiger partial charge in [-0.1, -0.05) is 23.8 Å². The minimum Gasteiger partial charge on any atom is -0.397 e. The van der Waals surface area contributed by atoms with E-state index in [1.165, 1.54) is 40.9 Å². The molecule has 0 bridgehead atoms. The van der Waals surface area contributed by atoms with Gasteiger partial charge in [0.2, 0.25) is 0 Å². The maximum atomic E-state index is 6.27. The van der Waals surface area contributed by atoms with Crippen LogP contribution in [0.5, 0.6) is 0 Å². The van der Waals surface area contributed by atoms with Crippen LogP contribution >= 0.6 is 0 Å². The van der Waals surface area contributed by atoms with Gasteiger partial charge in [0, 0.05) is 25.3 Å². The highest BCUT2D eigenvalue weighted by molar-refractivity contribution is 5.68. The van der Waals surface area contributed by atoms with Crippen molar-refractivity contribution < 1.29 is 0 Å². The van der Waals surface area contributed by atoms with Gasteiger partial charge in [-0.25, -0.2) is 0 Å². The Balaban J connectivity index is 1.50. The van der Waals surface area contributed by atoms with E-state index in [-0.39, 0.29) is 0 Å². The Morgan fingerprint density at radius 2 is 1.83 bits per heavy atom. The lowest BCUT2D eigenvalue weighted by Gasteiger charge is -2.20. The predicted octanol–water partition coefficient (Wildman–Crippen LogP) is 4.53. The number of nitrogens with one attached hydrogen (secondary N) is 1. The van der Waals surface area contributed by atoms with Crippen LogP contribution in [0, 0.1) is 13.8 Å². The average molecular weight is 323 g/mol. The molecule has 0 saturated carbocycles. The fourth-order valence-electron chi connectivity index (χ4n) is 3.53. The second kappa shape index (κ2) is 7.61. The number of nitrogens with zero attached hydrogens (tertiary/aromatic N) is 1. The van der Waals surface area contributed by atoms with Gasteiger partial charge in [-0.15, -0.1) is 0 Å². The number of rotatable bonds is 6. The van der Waals surface area contributed by atoms with Gasteiger partial charge in [0.15, 0.2) is 0 Å². The van der Waals surface area contributed by atoms with E-state index in [0.29, 0.717) is 0 Å². The number of aryl methyl sites for hydroxylation is 3. The smallest absolute Gasteiger partial charge is 0.0600 e. The highest BCUT2D eigenvalue weighted by atomic mass is 15.1. The molecule has 3 heteroatoms. The van der Waals surface area contributed by atoms with Crippen LogP contribution in [0.4, 0.5) is 17.1 Å². The molecule has 0 amide bonds. The molecule has 1 saturated heterocycles. The molecule has 0 aliphatic carbocycles. The minimum absolute atomic E-state index is 0.928. The van der Waals surface area contributed by atoms with Crippen molar-refractivity contribution in [1.29, 1.82) is 0 Å². The van der Waals surface area contributed by atoms with E-state index in [9.17, 15) is 0 Å². The minimum atomic E-state index is 0.928. The third-order valence-electron chi connectivity index (χ3n) is 4.88. The predicted molar refractivity (Wildman–Crippen MR) is 105 cm³/mol. The van der Waals surface area contributed by atoms with Gasteiger partial charge in [-0.3, -0.25) is 0 Å². The summed E-state index contributed by atoms with van der Waals surface area (Å²) in [5.41, 5.74) is 13.6. The fourth-order valence-corrected chi connectivity index (χ4v) is 3.53. The van der Waals surface area contributed by atoms with Gasteiger partial charge in [0.25, 0.3) is 0 Å². The summed E-state index contributed by atoms with van der Waals surface area (Å²) in [5, 5.41) is 3.54. The Labute approximate surface area is 145 Å². The summed E-state index contributed by atoms with van der Waals surface area (Å²) in [7, 11) is 0. The Morgan fingerprint density at radius 3 is 2.54 bits per heavy atom. The van der Waals surface area contributed by atoms with Crippen molar-refractivity contribution in [3.63, 3.8) is 0 Å². The highest BCUT2D eigenvalue weighted by Gasteiger charge is 2.14. The molecule has 1 aliphatic heterocycles. The molecule has 1 aliphatic rings. The maximum Gasteiger partial charge on any atom is 0.0600 e. The van der Waals surface area contributed by atoms with Gasteiger partial charge >= 0.3 is 0 Å². The first-order valence-electron chi connectivity index (χ1n) is 9.08. The lowest BCUT2D eigenvalue weighted by atomic mass is 10.1. The third-order valence-corrected chi connectivity index (χ3v) is 4.88. The van der Waals surface area contributed by atoms with Crippen molar-refractivity contribution in [2.24, 2.45) is 0 Å². The molecule has 3 rings (SSSR count).